The van der Waals surface area contributed by atoms with E-state index in [1.54, 1.807) is 0 Å². The van der Waals surface area contributed by atoms with Crippen LogP contribution in [-0.2, 0) is 14.7 Å². The van der Waals surface area contributed by atoms with E-state index in [-0.39, 0.29) is 5.97 Å². The fourth-order valence-corrected chi connectivity index (χ4v) is 2.47. The molecule has 0 heterocycles. The Morgan fingerprint density at radius 3 is 1.67 bits per heavy atom. The van der Waals surface area contributed by atoms with Crippen molar-refractivity contribution < 1.29 is 9.53 Å². The van der Waals surface area contributed by atoms with Crippen LogP contribution in [0.5, 0.6) is 0 Å². The maximum Gasteiger partial charge on any atom is 0.324 e. The molecule has 3 heteroatoms. The first-order chi connectivity index (χ1) is 8.69. The van der Waals surface area contributed by atoms with E-state index in [1.165, 1.54) is 7.11 Å². The molecule has 2 aromatic carbocycles. The van der Waals surface area contributed by atoms with Gasteiger partial charge in [0.15, 0.2) is 0 Å². The highest BCUT2D eigenvalue weighted by molar-refractivity contribution is 7.21. The molecule has 0 spiro atoms. The van der Waals surface area contributed by atoms with E-state index in [0.29, 0.717) is 0 Å². The number of benzene rings is 2. The van der Waals surface area contributed by atoms with Gasteiger partial charge in [0.2, 0.25) is 0 Å². The van der Waals surface area contributed by atoms with Gasteiger partial charge in [0, 0.05) is 0 Å². The summed E-state index contributed by atoms with van der Waals surface area (Å²) < 4.78 is 4.96. The molecule has 0 aliphatic heterocycles. The molecule has 0 saturated heterocycles. The molecule has 92 valence electrons. The van der Waals surface area contributed by atoms with Crippen molar-refractivity contribution in [3.8, 4) is 0 Å². The number of carbonyl (C=O) groups is 1. The molecule has 0 fully saturated rings. The highest BCUT2D eigenvalue weighted by Crippen LogP contribution is 2.39. The van der Waals surface area contributed by atoms with Crippen molar-refractivity contribution >= 4 is 15.2 Å². The number of hydrogen-bond acceptors (Lipinski definition) is 2. The first-order valence-corrected chi connectivity index (χ1v) is 6.25. The predicted octanol–water partition coefficient (Wildman–Crippen LogP) is 2.98. The van der Waals surface area contributed by atoms with Crippen LogP contribution in [-0.4, -0.2) is 13.1 Å². The Hall–Kier alpha value is -1.66. The standard InChI is InChI=1S/C15H15O2P/c1-17-14(16)15(18,12-8-4-2-5-9-12)13-10-6-3-7-11-13/h2-11H,18H2,1H3. The zero-order valence-corrected chi connectivity index (χ0v) is 11.3. The van der Waals surface area contributed by atoms with Gasteiger partial charge in [-0.2, -0.15) is 0 Å². The second kappa shape index (κ2) is 5.32. The highest BCUT2D eigenvalue weighted by atomic mass is 31.0. The number of esters is 1. The smallest absolute Gasteiger partial charge is 0.324 e. The van der Waals surface area contributed by atoms with E-state index in [4.69, 9.17) is 4.74 Å². The maximum absolute atomic E-state index is 12.2. The second-order valence-electron chi connectivity index (χ2n) is 4.03. The number of ether oxygens (including phenoxy) is 1. The Balaban J connectivity index is 2.59. The summed E-state index contributed by atoms with van der Waals surface area (Å²) >= 11 is 0. The lowest BCUT2D eigenvalue weighted by Crippen LogP contribution is -2.31. The van der Waals surface area contributed by atoms with Gasteiger partial charge in [-0.15, -0.1) is 9.24 Å². The molecule has 0 bridgehead atoms. The fourth-order valence-electron chi connectivity index (χ4n) is 1.97. The molecule has 2 rings (SSSR count). The van der Waals surface area contributed by atoms with Gasteiger partial charge in [-0.25, -0.2) is 0 Å². The van der Waals surface area contributed by atoms with E-state index >= 15 is 0 Å². The number of methoxy groups -OCH3 is 1. The van der Waals surface area contributed by atoms with Crippen LogP contribution in [0.25, 0.3) is 0 Å². The minimum Gasteiger partial charge on any atom is -0.468 e. The normalized spacial score (nSPS) is 11.0. The molecule has 0 radical (unpaired) electrons. The van der Waals surface area contributed by atoms with E-state index in [1.807, 2.05) is 60.7 Å². The summed E-state index contributed by atoms with van der Waals surface area (Å²) in [5, 5.41) is -0.850. The largest absolute Gasteiger partial charge is 0.468 e. The van der Waals surface area contributed by atoms with Crippen molar-refractivity contribution in [3.05, 3.63) is 71.8 Å². The van der Waals surface area contributed by atoms with E-state index in [2.05, 4.69) is 9.24 Å². The van der Waals surface area contributed by atoms with Gasteiger partial charge in [0.1, 0.15) is 5.16 Å². The molecule has 0 saturated carbocycles. The summed E-state index contributed by atoms with van der Waals surface area (Å²) in [7, 11) is 4.04. The summed E-state index contributed by atoms with van der Waals surface area (Å²) in [6.07, 6.45) is 0. The Morgan fingerprint density at radius 2 is 1.33 bits per heavy atom. The Kier molecular flexibility index (Phi) is 3.78. The molecule has 2 nitrogen and oxygen atoms in total. The van der Waals surface area contributed by atoms with E-state index in [0.717, 1.165) is 11.1 Å². The van der Waals surface area contributed by atoms with Crippen molar-refractivity contribution in [2.75, 3.05) is 7.11 Å². The van der Waals surface area contributed by atoms with Crippen LogP contribution in [0.15, 0.2) is 60.7 Å². The average Bonchev–Trinajstić information content (AvgIpc) is 2.47. The Bertz CT molecular complexity index is 483. The summed E-state index contributed by atoms with van der Waals surface area (Å²) in [5.41, 5.74) is 1.79. The zero-order chi connectivity index (χ0) is 13.0. The predicted molar refractivity (Wildman–Crippen MR) is 75.4 cm³/mol. The van der Waals surface area contributed by atoms with Gasteiger partial charge in [-0.1, -0.05) is 60.7 Å². The minimum absolute atomic E-state index is 0.287. The minimum atomic E-state index is -0.850. The third kappa shape index (κ3) is 2.16. The number of carbonyl (C=O) groups excluding carboxylic acids is 1. The number of hydrogen-bond donors (Lipinski definition) is 0. The summed E-state index contributed by atoms with van der Waals surface area (Å²) in [6.45, 7) is 0. The Morgan fingerprint density at radius 1 is 0.944 bits per heavy atom. The zero-order valence-electron chi connectivity index (χ0n) is 10.2. The summed E-state index contributed by atoms with van der Waals surface area (Å²) in [4.78, 5) is 12.2. The average molecular weight is 258 g/mol. The molecule has 0 aliphatic carbocycles. The van der Waals surface area contributed by atoms with Crippen LogP contribution in [0.1, 0.15) is 11.1 Å². The molecule has 18 heavy (non-hydrogen) atoms. The van der Waals surface area contributed by atoms with Gasteiger partial charge in [0.25, 0.3) is 0 Å². The van der Waals surface area contributed by atoms with Crippen LogP contribution in [0, 0.1) is 0 Å². The van der Waals surface area contributed by atoms with Crippen molar-refractivity contribution in [2.45, 2.75) is 5.16 Å². The van der Waals surface area contributed by atoms with Crippen molar-refractivity contribution in [1.29, 1.82) is 0 Å². The van der Waals surface area contributed by atoms with Crippen molar-refractivity contribution in [2.24, 2.45) is 0 Å². The molecule has 0 amide bonds. The van der Waals surface area contributed by atoms with Gasteiger partial charge in [-0.05, 0) is 11.1 Å². The van der Waals surface area contributed by atoms with Crippen LogP contribution < -0.4 is 0 Å². The lowest BCUT2D eigenvalue weighted by Gasteiger charge is -2.27. The fraction of sp³-hybridized carbons (Fsp3) is 0.133. The third-order valence-electron chi connectivity index (χ3n) is 2.97. The molecule has 0 aliphatic rings. The van der Waals surface area contributed by atoms with Gasteiger partial charge < -0.3 is 4.74 Å². The quantitative estimate of drug-likeness (QED) is 0.625. The summed E-state index contributed by atoms with van der Waals surface area (Å²) in [6, 6.07) is 19.2. The second-order valence-corrected chi connectivity index (χ2v) is 4.90. The van der Waals surface area contributed by atoms with E-state index in [9.17, 15) is 4.79 Å². The van der Waals surface area contributed by atoms with Gasteiger partial charge >= 0.3 is 5.97 Å². The van der Waals surface area contributed by atoms with Crippen LogP contribution in [0.3, 0.4) is 0 Å². The van der Waals surface area contributed by atoms with Gasteiger partial charge in [0.05, 0.1) is 7.11 Å². The molecule has 1 atom stereocenters. The first kappa shape index (κ1) is 12.8. The molecular formula is C15H15O2P. The summed E-state index contributed by atoms with van der Waals surface area (Å²) in [5.74, 6) is -0.287. The van der Waals surface area contributed by atoms with Crippen LogP contribution in [0.4, 0.5) is 0 Å². The maximum atomic E-state index is 12.2. The monoisotopic (exact) mass is 258 g/mol. The van der Waals surface area contributed by atoms with E-state index < -0.39 is 5.16 Å². The van der Waals surface area contributed by atoms with Crippen LogP contribution in [0.2, 0.25) is 0 Å². The van der Waals surface area contributed by atoms with Gasteiger partial charge in [-0.3, -0.25) is 4.79 Å². The highest BCUT2D eigenvalue weighted by Gasteiger charge is 2.38. The molecular weight excluding hydrogens is 243 g/mol. The third-order valence-corrected chi connectivity index (χ3v) is 3.87. The first-order valence-electron chi connectivity index (χ1n) is 5.68. The number of rotatable bonds is 3. The topological polar surface area (TPSA) is 26.3 Å². The SMILES string of the molecule is COC(=O)C(P)(c1ccccc1)c1ccccc1. The van der Waals surface area contributed by atoms with Crippen LogP contribution >= 0.6 is 9.24 Å². The van der Waals surface area contributed by atoms with Crippen molar-refractivity contribution in [3.63, 3.8) is 0 Å². The lowest BCUT2D eigenvalue weighted by atomic mass is 9.90. The molecule has 2 aromatic rings. The molecule has 0 aromatic heterocycles. The van der Waals surface area contributed by atoms with Crippen molar-refractivity contribution in [1.82, 2.24) is 0 Å². The lowest BCUT2D eigenvalue weighted by molar-refractivity contribution is -0.142. The molecule has 1 unspecified atom stereocenters. The Labute approximate surface area is 109 Å². The molecule has 0 N–H and O–H groups in total.